The van der Waals surface area contributed by atoms with E-state index in [4.69, 9.17) is 4.74 Å². The van der Waals surface area contributed by atoms with Crippen LogP contribution in [0.15, 0.2) is 48.5 Å². The van der Waals surface area contributed by atoms with Crippen LogP contribution in [-0.2, 0) is 24.1 Å². The first-order chi connectivity index (χ1) is 11.8. The Balaban J connectivity index is 1.94. The van der Waals surface area contributed by atoms with Gasteiger partial charge in [-0.05, 0) is 49.2 Å². The first-order valence-corrected chi connectivity index (χ1v) is 7.90. The van der Waals surface area contributed by atoms with Gasteiger partial charge in [-0.15, -0.1) is 0 Å². The lowest BCUT2D eigenvalue weighted by atomic mass is 10.1. The molecular weight excluding hydrogens is 331 g/mol. The molecule has 0 aromatic heterocycles. The van der Waals surface area contributed by atoms with E-state index in [1.165, 1.54) is 6.07 Å². The third kappa shape index (κ3) is 5.90. The van der Waals surface area contributed by atoms with Crippen molar-refractivity contribution < 1.29 is 22.7 Å². The fraction of sp³-hybridized carbons (Fsp3) is 0.316. The molecule has 2 rings (SSSR count). The second-order valence-corrected chi connectivity index (χ2v) is 5.94. The summed E-state index contributed by atoms with van der Waals surface area (Å²) >= 11 is 0. The molecule has 0 radical (unpaired) electrons. The van der Waals surface area contributed by atoms with Gasteiger partial charge in [-0.1, -0.05) is 24.3 Å². The number of halogens is 3. The van der Waals surface area contributed by atoms with Gasteiger partial charge in [0.05, 0.1) is 18.3 Å². The Morgan fingerprint density at radius 1 is 1.08 bits per heavy atom. The molecule has 0 saturated heterocycles. The molecule has 6 heteroatoms. The lowest BCUT2D eigenvalue weighted by Crippen LogP contribution is -2.23. The second-order valence-electron chi connectivity index (χ2n) is 5.94. The van der Waals surface area contributed by atoms with Crippen LogP contribution in [0.4, 0.5) is 13.2 Å². The van der Waals surface area contributed by atoms with E-state index in [0.29, 0.717) is 17.7 Å². The zero-order chi connectivity index (χ0) is 18.4. The molecule has 134 valence electrons. The molecule has 0 unspecified atom stereocenters. The quantitative estimate of drug-likeness (QED) is 0.828. The largest absolute Gasteiger partial charge is 0.416 e. The summed E-state index contributed by atoms with van der Waals surface area (Å²) in [6, 6.07) is 11.8. The molecule has 25 heavy (non-hydrogen) atoms. The zero-order valence-electron chi connectivity index (χ0n) is 14.1. The molecule has 3 nitrogen and oxygen atoms in total. The van der Waals surface area contributed by atoms with Crippen molar-refractivity contribution in [2.45, 2.75) is 39.3 Å². The first kappa shape index (κ1) is 19.0. The van der Waals surface area contributed by atoms with Crippen LogP contribution in [0.2, 0.25) is 0 Å². The Bertz CT molecular complexity index is 709. The van der Waals surface area contributed by atoms with Crippen molar-refractivity contribution in [1.29, 1.82) is 0 Å². The average molecular weight is 351 g/mol. The standard InChI is InChI=1S/C19H20F3NO2/c1-13(2)25-12-14-6-8-16(9-7-14)18(24)23-11-15-4-3-5-17(10-15)19(20,21)22/h3-10,13H,11-12H2,1-2H3,(H,23,24). The maximum atomic E-state index is 12.7. The van der Waals surface area contributed by atoms with Gasteiger partial charge in [-0.25, -0.2) is 0 Å². The van der Waals surface area contributed by atoms with Crippen molar-refractivity contribution >= 4 is 5.91 Å². The van der Waals surface area contributed by atoms with Crippen molar-refractivity contribution in [1.82, 2.24) is 5.32 Å². The van der Waals surface area contributed by atoms with E-state index in [-0.39, 0.29) is 18.6 Å². The Morgan fingerprint density at radius 3 is 2.36 bits per heavy atom. The molecule has 0 spiro atoms. The number of hydrogen-bond donors (Lipinski definition) is 1. The molecule has 0 saturated carbocycles. The van der Waals surface area contributed by atoms with Gasteiger partial charge in [-0.3, -0.25) is 4.79 Å². The van der Waals surface area contributed by atoms with E-state index < -0.39 is 11.7 Å². The van der Waals surface area contributed by atoms with E-state index in [2.05, 4.69) is 5.32 Å². The Hall–Kier alpha value is -2.34. The Labute approximate surface area is 144 Å². The highest BCUT2D eigenvalue weighted by molar-refractivity contribution is 5.94. The predicted molar refractivity (Wildman–Crippen MR) is 89.0 cm³/mol. The second kappa shape index (κ2) is 8.16. The SMILES string of the molecule is CC(C)OCc1ccc(C(=O)NCc2cccc(C(F)(F)F)c2)cc1. The van der Waals surface area contributed by atoms with Crippen LogP contribution in [-0.4, -0.2) is 12.0 Å². The topological polar surface area (TPSA) is 38.3 Å². The Morgan fingerprint density at radius 2 is 1.76 bits per heavy atom. The maximum absolute atomic E-state index is 12.7. The van der Waals surface area contributed by atoms with Crippen LogP contribution >= 0.6 is 0 Å². The third-order valence-electron chi connectivity index (χ3n) is 3.51. The number of carbonyl (C=O) groups is 1. The van der Waals surface area contributed by atoms with Crippen LogP contribution in [0.3, 0.4) is 0 Å². The van der Waals surface area contributed by atoms with Crippen LogP contribution in [0.5, 0.6) is 0 Å². The van der Waals surface area contributed by atoms with E-state index in [9.17, 15) is 18.0 Å². The lowest BCUT2D eigenvalue weighted by molar-refractivity contribution is -0.137. The number of nitrogens with one attached hydrogen (secondary N) is 1. The number of ether oxygens (including phenoxy) is 1. The van der Waals surface area contributed by atoms with Crippen molar-refractivity contribution in [2.24, 2.45) is 0 Å². The van der Waals surface area contributed by atoms with Crippen molar-refractivity contribution in [3.63, 3.8) is 0 Å². The van der Waals surface area contributed by atoms with E-state index in [1.807, 2.05) is 13.8 Å². The van der Waals surface area contributed by atoms with Crippen molar-refractivity contribution in [3.05, 3.63) is 70.8 Å². The molecule has 0 aliphatic heterocycles. The van der Waals surface area contributed by atoms with Crippen LogP contribution in [0, 0.1) is 0 Å². The molecule has 1 N–H and O–H groups in total. The molecular formula is C19H20F3NO2. The van der Waals surface area contributed by atoms with E-state index in [0.717, 1.165) is 17.7 Å². The maximum Gasteiger partial charge on any atom is 0.416 e. The van der Waals surface area contributed by atoms with Crippen molar-refractivity contribution in [2.75, 3.05) is 0 Å². The van der Waals surface area contributed by atoms with Gasteiger partial charge in [-0.2, -0.15) is 13.2 Å². The Kier molecular flexibility index (Phi) is 6.20. The van der Waals surface area contributed by atoms with Crippen LogP contribution < -0.4 is 5.32 Å². The molecule has 0 atom stereocenters. The number of carbonyl (C=O) groups excluding carboxylic acids is 1. The number of rotatable bonds is 6. The van der Waals surface area contributed by atoms with Gasteiger partial charge >= 0.3 is 6.18 Å². The summed E-state index contributed by atoms with van der Waals surface area (Å²) in [7, 11) is 0. The minimum atomic E-state index is -4.39. The summed E-state index contributed by atoms with van der Waals surface area (Å²) in [6.45, 7) is 4.37. The highest BCUT2D eigenvalue weighted by Crippen LogP contribution is 2.29. The number of benzene rings is 2. The monoisotopic (exact) mass is 351 g/mol. The highest BCUT2D eigenvalue weighted by atomic mass is 19.4. The third-order valence-corrected chi connectivity index (χ3v) is 3.51. The van der Waals surface area contributed by atoms with Gasteiger partial charge in [0.2, 0.25) is 0 Å². The summed E-state index contributed by atoms with van der Waals surface area (Å²) in [5.74, 6) is -0.339. The average Bonchev–Trinajstić information content (AvgIpc) is 2.58. The van der Waals surface area contributed by atoms with E-state index >= 15 is 0 Å². The summed E-state index contributed by atoms with van der Waals surface area (Å²) in [5, 5.41) is 2.63. The highest BCUT2D eigenvalue weighted by Gasteiger charge is 2.30. The van der Waals surface area contributed by atoms with Gasteiger partial charge in [0.15, 0.2) is 0 Å². The van der Waals surface area contributed by atoms with Gasteiger partial charge in [0, 0.05) is 12.1 Å². The number of hydrogen-bond acceptors (Lipinski definition) is 2. The molecule has 0 aliphatic carbocycles. The molecule has 0 aliphatic rings. The molecule has 2 aromatic carbocycles. The fourth-order valence-corrected chi connectivity index (χ4v) is 2.16. The summed E-state index contributed by atoms with van der Waals surface area (Å²) in [5.41, 5.74) is 1.06. The normalized spacial score (nSPS) is 11.6. The molecule has 0 fully saturated rings. The summed E-state index contributed by atoms with van der Waals surface area (Å²) in [6.07, 6.45) is -4.27. The van der Waals surface area contributed by atoms with Gasteiger partial charge < -0.3 is 10.1 Å². The predicted octanol–water partition coefficient (Wildman–Crippen LogP) is 4.56. The van der Waals surface area contributed by atoms with Crippen LogP contribution in [0.1, 0.15) is 40.9 Å². The van der Waals surface area contributed by atoms with Gasteiger partial charge in [0.25, 0.3) is 5.91 Å². The number of amides is 1. The number of alkyl halides is 3. The molecule has 1 amide bonds. The summed E-state index contributed by atoms with van der Waals surface area (Å²) in [4.78, 5) is 12.1. The minimum Gasteiger partial charge on any atom is -0.374 e. The molecule has 0 heterocycles. The fourth-order valence-electron chi connectivity index (χ4n) is 2.16. The van der Waals surface area contributed by atoms with Gasteiger partial charge in [0.1, 0.15) is 0 Å². The molecule has 0 bridgehead atoms. The first-order valence-electron chi connectivity index (χ1n) is 7.90. The zero-order valence-corrected chi connectivity index (χ0v) is 14.1. The van der Waals surface area contributed by atoms with E-state index in [1.54, 1.807) is 30.3 Å². The summed E-state index contributed by atoms with van der Waals surface area (Å²) < 4.78 is 43.5. The van der Waals surface area contributed by atoms with Crippen molar-refractivity contribution in [3.8, 4) is 0 Å². The smallest absolute Gasteiger partial charge is 0.374 e. The molecule has 2 aromatic rings. The lowest BCUT2D eigenvalue weighted by Gasteiger charge is -2.10. The minimum absolute atomic E-state index is 0.0287. The van der Waals surface area contributed by atoms with Crippen LogP contribution in [0.25, 0.3) is 0 Å².